The molecule has 0 spiro atoms. The van der Waals surface area contributed by atoms with E-state index < -0.39 is 0 Å². The summed E-state index contributed by atoms with van der Waals surface area (Å²) in [5, 5.41) is 8.13. The van der Waals surface area contributed by atoms with Crippen LogP contribution in [0, 0.1) is 20.8 Å². The molecule has 1 unspecified atom stereocenters. The Morgan fingerprint density at radius 3 is 2.65 bits per heavy atom. The van der Waals surface area contributed by atoms with Gasteiger partial charge in [-0.25, -0.2) is 0 Å². The van der Waals surface area contributed by atoms with Crippen LogP contribution in [0.25, 0.3) is 0 Å². The number of fused-ring (bicyclic) bond motifs is 1. The van der Waals surface area contributed by atoms with Gasteiger partial charge < -0.3 is 15.9 Å². The number of furan rings is 1. The van der Waals surface area contributed by atoms with Gasteiger partial charge in [0.2, 0.25) is 5.96 Å². The molecule has 5 nitrogen and oxygen atoms in total. The van der Waals surface area contributed by atoms with Crippen LogP contribution >= 0.6 is 0 Å². The van der Waals surface area contributed by atoms with Crippen molar-refractivity contribution in [3.8, 4) is 0 Å². The molecule has 1 aromatic heterocycles. The predicted octanol–water partition coefficient (Wildman–Crippen LogP) is 2.91. The van der Waals surface area contributed by atoms with Crippen molar-refractivity contribution >= 4 is 11.7 Å². The maximum Gasteiger partial charge on any atom is 0.211 e. The summed E-state index contributed by atoms with van der Waals surface area (Å²) in [4.78, 5) is 0. The highest BCUT2D eigenvalue weighted by Gasteiger charge is 2.30. The summed E-state index contributed by atoms with van der Waals surface area (Å²) in [6, 6.07) is 6.55. The maximum absolute atomic E-state index is 5.75. The van der Waals surface area contributed by atoms with E-state index in [4.69, 9.17) is 15.9 Å². The fraction of sp³-hybridized carbons (Fsp3) is 0.333. The van der Waals surface area contributed by atoms with E-state index >= 15 is 0 Å². The standard InChI is InChI=1S/C18H22N4O/c1-10-4-5-11(2)14(6-10)13-7-15(21-22-18(19)20)17-12(3)9-23-16(17)8-13/h4-6,9,13H,7-8H2,1-3H3,(H4,19,20,22)/b21-15+. The first-order chi connectivity index (χ1) is 11.0. The Hall–Kier alpha value is -2.56. The van der Waals surface area contributed by atoms with E-state index in [1.54, 1.807) is 6.26 Å². The molecule has 1 aliphatic rings. The molecule has 0 amide bonds. The zero-order valence-electron chi connectivity index (χ0n) is 13.8. The lowest BCUT2D eigenvalue weighted by atomic mass is 9.79. The fourth-order valence-corrected chi connectivity index (χ4v) is 3.30. The summed E-state index contributed by atoms with van der Waals surface area (Å²) in [5.74, 6) is 1.25. The van der Waals surface area contributed by atoms with E-state index in [0.29, 0.717) is 5.92 Å². The van der Waals surface area contributed by atoms with Gasteiger partial charge in [-0.05, 0) is 49.8 Å². The highest BCUT2D eigenvalue weighted by Crippen LogP contribution is 2.37. The molecular weight excluding hydrogens is 288 g/mol. The van der Waals surface area contributed by atoms with Gasteiger partial charge in [-0.1, -0.05) is 23.8 Å². The highest BCUT2D eigenvalue weighted by molar-refractivity contribution is 6.04. The largest absolute Gasteiger partial charge is 0.468 e. The number of guanidine groups is 1. The Bertz CT molecular complexity index is 797. The van der Waals surface area contributed by atoms with Crippen LogP contribution in [0.1, 0.15) is 45.9 Å². The lowest BCUT2D eigenvalue weighted by molar-refractivity contribution is 0.479. The minimum absolute atomic E-state index is 0.0333. The Balaban J connectivity index is 2.06. The van der Waals surface area contributed by atoms with E-state index in [0.717, 1.165) is 35.4 Å². The molecule has 0 saturated heterocycles. The van der Waals surface area contributed by atoms with Gasteiger partial charge in [0, 0.05) is 12.0 Å². The average Bonchev–Trinajstić information content (AvgIpc) is 2.88. The summed E-state index contributed by atoms with van der Waals surface area (Å²) in [7, 11) is 0. The Labute approximate surface area is 136 Å². The van der Waals surface area contributed by atoms with E-state index in [1.807, 2.05) is 6.92 Å². The van der Waals surface area contributed by atoms with Crippen LogP contribution in [0.15, 0.2) is 39.1 Å². The molecule has 0 aliphatic heterocycles. The van der Waals surface area contributed by atoms with E-state index in [1.165, 1.54) is 16.7 Å². The monoisotopic (exact) mass is 310 g/mol. The number of hydrogen-bond donors (Lipinski definition) is 2. The summed E-state index contributed by atoms with van der Waals surface area (Å²) in [6.45, 7) is 6.28. The van der Waals surface area contributed by atoms with Crippen molar-refractivity contribution in [1.29, 1.82) is 0 Å². The van der Waals surface area contributed by atoms with Gasteiger partial charge in [0.15, 0.2) is 0 Å². The van der Waals surface area contributed by atoms with Crippen LogP contribution in [0.4, 0.5) is 0 Å². The van der Waals surface area contributed by atoms with Gasteiger partial charge in [-0.2, -0.15) is 5.10 Å². The second-order valence-electron chi connectivity index (χ2n) is 6.25. The van der Waals surface area contributed by atoms with Crippen LogP contribution in [-0.4, -0.2) is 11.7 Å². The molecule has 0 bridgehead atoms. The van der Waals surface area contributed by atoms with Crippen molar-refractivity contribution in [3.05, 3.63) is 58.0 Å². The van der Waals surface area contributed by atoms with Crippen LogP contribution in [-0.2, 0) is 6.42 Å². The summed E-state index contributed by atoms with van der Waals surface area (Å²) in [6.07, 6.45) is 3.45. The van der Waals surface area contributed by atoms with Gasteiger partial charge >= 0.3 is 0 Å². The molecule has 120 valence electrons. The number of nitrogens with zero attached hydrogens (tertiary/aromatic N) is 2. The minimum Gasteiger partial charge on any atom is -0.468 e. The summed E-state index contributed by atoms with van der Waals surface area (Å²) in [5.41, 5.74) is 17.8. The number of aryl methyl sites for hydroxylation is 3. The zero-order valence-corrected chi connectivity index (χ0v) is 13.8. The van der Waals surface area contributed by atoms with Crippen molar-refractivity contribution in [1.82, 2.24) is 0 Å². The quantitative estimate of drug-likeness (QED) is 0.507. The SMILES string of the molecule is Cc1ccc(C)c(C2C/C(=N\N=C(N)N)c3c(C)coc3C2)c1. The van der Waals surface area contributed by atoms with Crippen molar-refractivity contribution in [3.63, 3.8) is 0 Å². The Kier molecular flexibility index (Phi) is 3.94. The summed E-state index contributed by atoms with van der Waals surface area (Å²) >= 11 is 0. The van der Waals surface area contributed by atoms with E-state index in [2.05, 4.69) is 42.2 Å². The van der Waals surface area contributed by atoms with Crippen LogP contribution in [0.2, 0.25) is 0 Å². The van der Waals surface area contributed by atoms with Crippen molar-refractivity contribution in [2.75, 3.05) is 0 Å². The molecule has 1 atom stereocenters. The van der Waals surface area contributed by atoms with Crippen molar-refractivity contribution in [2.24, 2.45) is 21.7 Å². The third-order valence-corrected chi connectivity index (χ3v) is 4.37. The zero-order chi connectivity index (χ0) is 16.6. The molecule has 3 rings (SSSR count). The number of benzene rings is 1. The van der Waals surface area contributed by atoms with Crippen molar-refractivity contribution in [2.45, 2.75) is 39.5 Å². The Morgan fingerprint density at radius 1 is 1.13 bits per heavy atom. The topological polar surface area (TPSA) is 89.9 Å². The molecule has 0 radical (unpaired) electrons. The van der Waals surface area contributed by atoms with Gasteiger partial charge in [0.1, 0.15) is 5.76 Å². The Morgan fingerprint density at radius 2 is 1.91 bits per heavy atom. The van der Waals surface area contributed by atoms with E-state index in [-0.39, 0.29) is 5.96 Å². The minimum atomic E-state index is -0.0333. The first kappa shape index (κ1) is 15.3. The molecule has 1 aromatic carbocycles. The molecule has 5 heteroatoms. The van der Waals surface area contributed by atoms with Gasteiger partial charge in [0.05, 0.1) is 12.0 Å². The molecule has 1 heterocycles. The van der Waals surface area contributed by atoms with E-state index in [9.17, 15) is 0 Å². The molecule has 4 N–H and O–H groups in total. The predicted molar refractivity (Wildman–Crippen MR) is 92.8 cm³/mol. The van der Waals surface area contributed by atoms with Crippen LogP contribution in [0.5, 0.6) is 0 Å². The molecule has 2 aromatic rings. The van der Waals surface area contributed by atoms with Gasteiger partial charge in [-0.3, -0.25) is 0 Å². The number of nitrogens with two attached hydrogens (primary N) is 2. The molecule has 0 fully saturated rings. The first-order valence-electron chi connectivity index (χ1n) is 7.75. The molecule has 23 heavy (non-hydrogen) atoms. The number of rotatable bonds is 2. The number of hydrogen-bond acceptors (Lipinski definition) is 3. The molecular formula is C18H22N4O. The molecule has 0 saturated carbocycles. The van der Waals surface area contributed by atoms with Gasteiger partial charge in [0.25, 0.3) is 0 Å². The second-order valence-corrected chi connectivity index (χ2v) is 6.25. The fourth-order valence-electron chi connectivity index (χ4n) is 3.30. The third kappa shape index (κ3) is 2.99. The average molecular weight is 310 g/mol. The maximum atomic E-state index is 5.75. The smallest absolute Gasteiger partial charge is 0.211 e. The first-order valence-corrected chi connectivity index (χ1v) is 7.75. The summed E-state index contributed by atoms with van der Waals surface area (Å²) < 4.78 is 5.75. The van der Waals surface area contributed by atoms with Gasteiger partial charge in [-0.15, -0.1) is 5.10 Å². The van der Waals surface area contributed by atoms with Crippen LogP contribution in [0.3, 0.4) is 0 Å². The molecule has 1 aliphatic carbocycles. The normalized spacial score (nSPS) is 18.7. The third-order valence-electron chi connectivity index (χ3n) is 4.37. The highest BCUT2D eigenvalue weighted by atomic mass is 16.3. The lowest BCUT2D eigenvalue weighted by Gasteiger charge is -2.25. The van der Waals surface area contributed by atoms with Crippen molar-refractivity contribution < 1.29 is 4.42 Å². The second kappa shape index (κ2) is 5.91. The van der Waals surface area contributed by atoms with Crippen LogP contribution < -0.4 is 11.5 Å². The lowest BCUT2D eigenvalue weighted by Crippen LogP contribution is -2.23.